The summed E-state index contributed by atoms with van der Waals surface area (Å²) in [6.07, 6.45) is 0. The standard InChI is InChI=1S/C16H15Cl2NO2/c1-10(19-16-12(17)3-2-4-13(16)18)11-5-6-14-15(9-11)21-8-7-20-14/h2-6,9-10,19H,7-8H2,1H3. The Bertz CT molecular complexity index is 640. The lowest BCUT2D eigenvalue weighted by Crippen LogP contribution is -2.16. The SMILES string of the molecule is CC(Nc1c(Cl)cccc1Cl)c1ccc2c(c1)OCCO2. The third-order valence-corrected chi connectivity index (χ3v) is 4.02. The van der Waals surface area contributed by atoms with Gasteiger partial charge in [-0.1, -0.05) is 35.3 Å². The second-order valence-electron chi connectivity index (χ2n) is 4.87. The van der Waals surface area contributed by atoms with Crippen LogP contribution >= 0.6 is 23.2 Å². The minimum absolute atomic E-state index is 0.0400. The molecule has 0 aliphatic carbocycles. The number of halogens is 2. The minimum atomic E-state index is 0.0400. The summed E-state index contributed by atoms with van der Waals surface area (Å²) in [7, 11) is 0. The van der Waals surface area contributed by atoms with Crippen LogP contribution < -0.4 is 14.8 Å². The summed E-state index contributed by atoms with van der Waals surface area (Å²) in [5, 5.41) is 4.55. The second-order valence-corrected chi connectivity index (χ2v) is 5.68. The molecular weight excluding hydrogens is 309 g/mol. The number of hydrogen-bond donors (Lipinski definition) is 1. The third-order valence-electron chi connectivity index (χ3n) is 3.39. The molecule has 0 saturated heterocycles. The highest BCUT2D eigenvalue weighted by Crippen LogP contribution is 2.36. The highest BCUT2D eigenvalue weighted by Gasteiger charge is 2.15. The molecule has 0 radical (unpaired) electrons. The van der Waals surface area contributed by atoms with Crippen molar-refractivity contribution in [3.8, 4) is 11.5 Å². The number of fused-ring (bicyclic) bond motifs is 1. The lowest BCUT2D eigenvalue weighted by Gasteiger charge is -2.22. The van der Waals surface area contributed by atoms with Gasteiger partial charge in [0.1, 0.15) is 13.2 Å². The van der Waals surface area contributed by atoms with E-state index in [1.807, 2.05) is 43.3 Å². The molecule has 0 saturated carbocycles. The van der Waals surface area contributed by atoms with Crippen LogP contribution in [0.2, 0.25) is 10.0 Å². The summed E-state index contributed by atoms with van der Waals surface area (Å²) in [5.41, 5.74) is 1.82. The van der Waals surface area contributed by atoms with E-state index in [2.05, 4.69) is 5.32 Å². The predicted octanol–water partition coefficient (Wildman–Crippen LogP) is 4.94. The fraction of sp³-hybridized carbons (Fsp3) is 0.250. The van der Waals surface area contributed by atoms with Crippen LogP contribution in [0, 0.1) is 0 Å². The molecule has 0 bridgehead atoms. The Kier molecular flexibility index (Phi) is 4.13. The molecule has 110 valence electrons. The maximum atomic E-state index is 6.18. The van der Waals surface area contributed by atoms with Gasteiger partial charge < -0.3 is 14.8 Å². The topological polar surface area (TPSA) is 30.5 Å². The number of nitrogens with one attached hydrogen (secondary N) is 1. The van der Waals surface area contributed by atoms with E-state index < -0.39 is 0 Å². The summed E-state index contributed by atoms with van der Waals surface area (Å²) in [4.78, 5) is 0. The fourth-order valence-corrected chi connectivity index (χ4v) is 2.77. The first-order valence-corrected chi connectivity index (χ1v) is 7.51. The Morgan fingerprint density at radius 1 is 1.00 bits per heavy atom. The molecule has 3 rings (SSSR count). The lowest BCUT2D eigenvalue weighted by atomic mass is 10.1. The molecule has 1 atom stereocenters. The van der Waals surface area contributed by atoms with Crippen molar-refractivity contribution >= 4 is 28.9 Å². The van der Waals surface area contributed by atoms with Crippen molar-refractivity contribution in [1.29, 1.82) is 0 Å². The molecule has 0 amide bonds. The largest absolute Gasteiger partial charge is 0.486 e. The van der Waals surface area contributed by atoms with Gasteiger partial charge in [-0.3, -0.25) is 0 Å². The van der Waals surface area contributed by atoms with Crippen LogP contribution in [0.4, 0.5) is 5.69 Å². The van der Waals surface area contributed by atoms with Crippen LogP contribution in [0.5, 0.6) is 11.5 Å². The summed E-state index contributed by atoms with van der Waals surface area (Å²) < 4.78 is 11.1. The molecule has 1 aliphatic heterocycles. The van der Waals surface area contributed by atoms with E-state index in [9.17, 15) is 0 Å². The molecule has 1 unspecified atom stereocenters. The first-order chi connectivity index (χ1) is 10.1. The minimum Gasteiger partial charge on any atom is -0.486 e. The lowest BCUT2D eigenvalue weighted by molar-refractivity contribution is 0.171. The number of ether oxygens (including phenoxy) is 2. The van der Waals surface area contributed by atoms with Crippen LogP contribution in [0.3, 0.4) is 0 Å². The van der Waals surface area contributed by atoms with Gasteiger partial charge in [-0.25, -0.2) is 0 Å². The van der Waals surface area contributed by atoms with Gasteiger partial charge >= 0.3 is 0 Å². The highest BCUT2D eigenvalue weighted by molar-refractivity contribution is 6.39. The predicted molar refractivity (Wildman–Crippen MR) is 85.9 cm³/mol. The summed E-state index contributed by atoms with van der Waals surface area (Å²) in [6, 6.07) is 11.4. The fourth-order valence-electron chi connectivity index (χ4n) is 2.26. The van der Waals surface area contributed by atoms with Gasteiger partial charge in [-0.05, 0) is 36.8 Å². The molecule has 21 heavy (non-hydrogen) atoms. The van der Waals surface area contributed by atoms with Gasteiger partial charge in [-0.15, -0.1) is 0 Å². The smallest absolute Gasteiger partial charge is 0.161 e. The number of benzene rings is 2. The van der Waals surface area contributed by atoms with Crippen molar-refractivity contribution in [1.82, 2.24) is 0 Å². The molecule has 1 heterocycles. The first-order valence-electron chi connectivity index (χ1n) is 6.75. The van der Waals surface area contributed by atoms with E-state index in [1.54, 1.807) is 0 Å². The van der Waals surface area contributed by atoms with Gasteiger partial charge in [0, 0.05) is 6.04 Å². The molecule has 2 aromatic rings. The van der Waals surface area contributed by atoms with E-state index in [-0.39, 0.29) is 6.04 Å². The van der Waals surface area contributed by atoms with Crippen LogP contribution in [0.1, 0.15) is 18.5 Å². The van der Waals surface area contributed by atoms with Gasteiger partial charge in [0.25, 0.3) is 0 Å². The van der Waals surface area contributed by atoms with E-state index in [0.29, 0.717) is 23.3 Å². The van der Waals surface area contributed by atoms with Crippen LogP contribution in [0.25, 0.3) is 0 Å². The maximum Gasteiger partial charge on any atom is 0.161 e. The third kappa shape index (κ3) is 3.04. The average Bonchev–Trinajstić information content (AvgIpc) is 2.50. The van der Waals surface area contributed by atoms with Crippen molar-refractivity contribution in [3.63, 3.8) is 0 Å². The van der Waals surface area contributed by atoms with E-state index in [0.717, 1.165) is 22.7 Å². The zero-order valence-corrected chi connectivity index (χ0v) is 13.0. The molecular formula is C16H15Cl2NO2. The molecule has 2 aromatic carbocycles. The number of anilines is 1. The Morgan fingerprint density at radius 2 is 1.67 bits per heavy atom. The first kappa shape index (κ1) is 14.4. The summed E-state index contributed by atoms with van der Waals surface area (Å²) >= 11 is 12.4. The average molecular weight is 324 g/mol. The van der Waals surface area contributed by atoms with E-state index in [1.165, 1.54) is 0 Å². The van der Waals surface area contributed by atoms with Gasteiger partial charge in [0.05, 0.1) is 15.7 Å². The maximum absolute atomic E-state index is 6.18. The zero-order chi connectivity index (χ0) is 14.8. The quantitative estimate of drug-likeness (QED) is 0.868. The molecule has 1 N–H and O–H groups in total. The van der Waals surface area contributed by atoms with E-state index in [4.69, 9.17) is 32.7 Å². The number of rotatable bonds is 3. The summed E-state index contributed by atoms with van der Waals surface area (Å²) in [6.45, 7) is 3.22. The Balaban J connectivity index is 1.84. The van der Waals surface area contributed by atoms with Crippen molar-refractivity contribution in [2.24, 2.45) is 0 Å². The van der Waals surface area contributed by atoms with Crippen LogP contribution in [-0.2, 0) is 0 Å². The second kappa shape index (κ2) is 6.04. The summed E-state index contributed by atoms with van der Waals surface area (Å²) in [5.74, 6) is 1.56. The van der Waals surface area contributed by atoms with Crippen molar-refractivity contribution in [2.45, 2.75) is 13.0 Å². The highest BCUT2D eigenvalue weighted by atomic mass is 35.5. The zero-order valence-electron chi connectivity index (χ0n) is 11.5. The van der Waals surface area contributed by atoms with Crippen LogP contribution in [-0.4, -0.2) is 13.2 Å². The van der Waals surface area contributed by atoms with Crippen molar-refractivity contribution < 1.29 is 9.47 Å². The Hall–Kier alpha value is -1.58. The monoisotopic (exact) mass is 323 g/mol. The number of para-hydroxylation sites is 1. The van der Waals surface area contributed by atoms with Crippen molar-refractivity contribution in [3.05, 3.63) is 52.0 Å². The molecule has 1 aliphatic rings. The van der Waals surface area contributed by atoms with Crippen molar-refractivity contribution in [2.75, 3.05) is 18.5 Å². The van der Waals surface area contributed by atoms with Gasteiger partial charge in [0.15, 0.2) is 11.5 Å². The van der Waals surface area contributed by atoms with E-state index >= 15 is 0 Å². The Morgan fingerprint density at radius 3 is 2.38 bits per heavy atom. The molecule has 0 spiro atoms. The molecule has 5 heteroatoms. The number of hydrogen-bond acceptors (Lipinski definition) is 3. The molecule has 3 nitrogen and oxygen atoms in total. The van der Waals surface area contributed by atoms with Crippen LogP contribution in [0.15, 0.2) is 36.4 Å². The normalized spacial score (nSPS) is 14.6. The molecule has 0 fully saturated rings. The van der Waals surface area contributed by atoms with Gasteiger partial charge in [0.2, 0.25) is 0 Å². The Labute approximate surface area is 133 Å². The molecule has 0 aromatic heterocycles. The van der Waals surface area contributed by atoms with Gasteiger partial charge in [-0.2, -0.15) is 0 Å².